The summed E-state index contributed by atoms with van der Waals surface area (Å²) in [4.78, 5) is 43.4. The van der Waals surface area contributed by atoms with E-state index >= 15 is 0 Å². The zero-order valence-electron chi connectivity index (χ0n) is 65.9. The number of amides is 1. The van der Waals surface area contributed by atoms with E-state index in [0.717, 1.165) is 110 Å². The number of alkyl carbamates (subject to hydrolysis) is 1. The number of likely N-dealkylation sites (tertiary alicyclic amines) is 2. The average molecular weight is 1570 g/mol. The molecule has 3 saturated heterocycles. The first-order valence-electron chi connectivity index (χ1n) is 38.4. The van der Waals surface area contributed by atoms with Crippen LogP contribution in [-0.4, -0.2) is 235 Å². The summed E-state index contributed by atoms with van der Waals surface area (Å²) in [5.41, 5.74) is 17.7. The van der Waals surface area contributed by atoms with Gasteiger partial charge < -0.3 is 59.5 Å². The SMILES string of the molecule is CN(C)CCc1c[nH]c2ccc(C[C@H]3COC(=O)N3)cc12.CN(C)CCc1c[nH]c2ccc(Cn3cncn3)cc12.CN1CCC[C@@H]1Cc1c[nH]c2ccc(CCS(=O)(=O)c3ccccc3)cc12.CNS(=O)(=O)CCc1ccc2[nH]cc(C3CCN(C)CC3)c2c1.CNS(=O)(=O)Cc1ccc2[nH]cc(CCN(C)C)c2c1. The zero-order chi connectivity index (χ0) is 78.8. The lowest BCUT2D eigenvalue weighted by Gasteiger charge is -2.28. The summed E-state index contributed by atoms with van der Waals surface area (Å²) in [6.45, 7) is 7.71. The quantitative estimate of drug-likeness (QED) is 0.0237. The summed E-state index contributed by atoms with van der Waals surface area (Å²) in [6.07, 6.45) is 24.3. The molecule has 3 fully saturated rings. The third-order valence-electron chi connectivity index (χ3n) is 21.3. The predicted octanol–water partition coefficient (Wildman–Crippen LogP) is 11.0. The van der Waals surface area contributed by atoms with E-state index in [1.807, 2.05) is 61.4 Å². The van der Waals surface area contributed by atoms with E-state index in [4.69, 9.17) is 4.74 Å². The Balaban J connectivity index is 0.000000138. The number of likely N-dealkylation sites (N-methyl/N-ethyl adjacent to an activating group) is 4. The van der Waals surface area contributed by atoms with E-state index in [2.05, 4.69) is 202 Å². The fourth-order valence-electron chi connectivity index (χ4n) is 14.7. The Labute approximate surface area is 654 Å². The van der Waals surface area contributed by atoms with Gasteiger partial charge in [0.15, 0.2) is 9.84 Å². The molecule has 12 aromatic rings. The highest BCUT2D eigenvalue weighted by molar-refractivity contribution is 7.91. The maximum atomic E-state index is 12.5. The van der Waals surface area contributed by atoms with Crippen LogP contribution in [0, 0.1) is 0 Å². The molecule has 0 aliphatic carbocycles. The first-order valence-corrected chi connectivity index (χ1v) is 43.4. The number of carbonyl (C=O) groups is 1. The number of aromatic amines is 5. The lowest BCUT2D eigenvalue weighted by Crippen LogP contribution is -2.29. The molecule has 0 saturated carbocycles. The molecule has 3 aliphatic rings. The largest absolute Gasteiger partial charge is 0.447 e. The third-order valence-corrected chi connectivity index (χ3v) is 25.7. The van der Waals surface area contributed by atoms with Crippen molar-refractivity contribution in [2.24, 2.45) is 0 Å². The van der Waals surface area contributed by atoms with Crippen molar-refractivity contribution in [3.63, 3.8) is 0 Å². The molecular weight excluding hydrogens is 1460 g/mol. The molecule has 2 atom stereocenters. The molecule has 24 nitrogen and oxygen atoms in total. The van der Waals surface area contributed by atoms with Crippen molar-refractivity contribution in [3.05, 3.63) is 221 Å². The summed E-state index contributed by atoms with van der Waals surface area (Å²) in [5.74, 6) is 0.866. The lowest BCUT2D eigenvalue weighted by atomic mass is 9.89. The molecular formula is C84H112N16O8S3. The molecule has 27 heteroatoms. The summed E-state index contributed by atoms with van der Waals surface area (Å²) in [7, 11) is 10.1. The Bertz CT molecular complexity index is 5350. The molecule has 6 aromatic carbocycles. The lowest BCUT2D eigenvalue weighted by molar-refractivity contribution is 0.176. The number of sulfone groups is 1. The molecule has 8 N–H and O–H groups in total. The fraction of sp³-hybridized carbons (Fsp3) is 0.417. The molecule has 594 valence electrons. The molecule has 15 rings (SSSR count). The smallest absolute Gasteiger partial charge is 0.407 e. The number of cyclic esters (lactones) is 1. The average Bonchev–Trinajstić information content (AvgIpc) is 1.70. The monoisotopic (exact) mass is 1570 g/mol. The number of aromatic nitrogens is 8. The van der Waals surface area contributed by atoms with Crippen LogP contribution < -0.4 is 14.8 Å². The minimum absolute atomic E-state index is 0.0116. The van der Waals surface area contributed by atoms with Gasteiger partial charge >= 0.3 is 6.09 Å². The number of sulfonamides is 2. The maximum absolute atomic E-state index is 12.5. The Morgan fingerprint density at radius 1 is 0.514 bits per heavy atom. The van der Waals surface area contributed by atoms with Crippen LogP contribution in [0.4, 0.5) is 4.79 Å². The standard InChI is InChI=1S/C22H26N2O2S.C17H25N3O2S.C16H21N3O2.C15H19N5.C14H21N3O2S/c1-24-12-5-6-19(24)15-18-16-23-22-10-9-17(14-21(18)22)11-13-27(25,26)20-7-3-2-4-8-20;1-18-23(21,22)10-7-13-3-4-17-15(11-13)16(12-19-17)14-5-8-20(2)9-6-14;1-19(2)6-5-12-9-17-15-4-3-11(8-14(12)15)7-13-10-21-16(20)18-13;1-19(2)6-5-13-8-17-15-4-3-12(7-14(13)15)9-20-11-16-10-18-20;1-15-20(18,19)10-11-4-5-14-13(8-11)12(9-16-14)6-7-17(2)3/h2-4,7-10,14,16,19,23H,5-6,11-13,15H2,1H3;3-4,11-12,14,18-19H,5-10H2,1-2H3;3-4,8-9,13,17H,5-7,10H2,1-2H3,(H,18,20);3-4,7-8,10-11,17H,5-6,9H2,1-2H3;4-5,8-9,15-16H,6-7,10H2,1-3H3/t19-;;13-;;/m1.0../s1. The summed E-state index contributed by atoms with van der Waals surface area (Å²) in [5, 5.41) is 13.1. The molecule has 0 unspecified atom stereocenters. The molecule has 6 aromatic heterocycles. The van der Waals surface area contributed by atoms with Gasteiger partial charge in [0, 0.05) is 111 Å². The zero-order valence-corrected chi connectivity index (χ0v) is 68.4. The number of ether oxygens (including phenoxy) is 1. The highest BCUT2D eigenvalue weighted by Gasteiger charge is 2.26. The van der Waals surface area contributed by atoms with Crippen LogP contribution in [0.1, 0.15) is 87.2 Å². The number of H-pyrrole nitrogens is 5. The van der Waals surface area contributed by atoms with Crippen LogP contribution in [0.3, 0.4) is 0 Å². The number of aryl methyl sites for hydroxylation is 2. The molecule has 0 radical (unpaired) electrons. The second-order valence-electron chi connectivity index (χ2n) is 30.5. The van der Waals surface area contributed by atoms with E-state index < -0.39 is 29.9 Å². The van der Waals surface area contributed by atoms with Crippen molar-refractivity contribution < 1.29 is 34.8 Å². The van der Waals surface area contributed by atoms with Crippen molar-refractivity contribution in [2.45, 2.75) is 106 Å². The van der Waals surface area contributed by atoms with Crippen LogP contribution in [-0.2, 0) is 91.9 Å². The fourth-order valence-corrected chi connectivity index (χ4v) is 17.4. The second-order valence-corrected chi connectivity index (χ2v) is 36.6. The van der Waals surface area contributed by atoms with Gasteiger partial charge in [-0.2, -0.15) is 5.10 Å². The van der Waals surface area contributed by atoms with Gasteiger partial charge in [0.2, 0.25) is 20.0 Å². The van der Waals surface area contributed by atoms with E-state index in [1.165, 1.54) is 118 Å². The van der Waals surface area contributed by atoms with Crippen molar-refractivity contribution in [2.75, 3.05) is 128 Å². The first kappa shape index (κ1) is 82.9. The van der Waals surface area contributed by atoms with Gasteiger partial charge in [-0.25, -0.2) is 49.2 Å². The van der Waals surface area contributed by atoms with Gasteiger partial charge in [-0.15, -0.1) is 0 Å². The first-order chi connectivity index (χ1) is 53.3. The van der Waals surface area contributed by atoms with Crippen LogP contribution in [0.15, 0.2) is 170 Å². The van der Waals surface area contributed by atoms with E-state index in [1.54, 1.807) is 36.9 Å². The molecule has 111 heavy (non-hydrogen) atoms. The van der Waals surface area contributed by atoms with E-state index in [-0.39, 0.29) is 29.4 Å². The Morgan fingerprint density at radius 2 is 0.991 bits per heavy atom. The normalized spacial score (nSPS) is 15.9. The van der Waals surface area contributed by atoms with Crippen LogP contribution >= 0.6 is 0 Å². The van der Waals surface area contributed by atoms with Crippen molar-refractivity contribution >= 4 is 90.5 Å². The summed E-state index contributed by atoms with van der Waals surface area (Å²) < 4.78 is 83.0. The number of benzene rings is 6. The number of carbonyl (C=O) groups excluding carboxylic acids is 1. The topological polar surface area (TPSA) is 291 Å². The van der Waals surface area contributed by atoms with Gasteiger partial charge in [-0.05, 0) is 295 Å². The highest BCUT2D eigenvalue weighted by atomic mass is 32.2. The third kappa shape index (κ3) is 23.6. The van der Waals surface area contributed by atoms with Crippen LogP contribution in [0.2, 0.25) is 0 Å². The summed E-state index contributed by atoms with van der Waals surface area (Å²) in [6, 6.07) is 40.6. The van der Waals surface area contributed by atoms with E-state index in [9.17, 15) is 30.0 Å². The van der Waals surface area contributed by atoms with Crippen molar-refractivity contribution in [1.29, 1.82) is 0 Å². The predicted molar refractivity (Wildman–Crippen MR) is 449 cm³/mol. The number of nitrogens with one attached hydrogen (secondary N) is 8. The number of hydrogen-bond acceptors (Lipinski definition) is 15. The van der Waals surface area contributed by atoms with Crippen LogP contribution in [0.5, 0.6) is 0 Å². The Kier molecular flexibility index (Phi) is 28.8. The number of nitrogens with zero attached hydrogens (tertiary/aromatic N) is 8. The number of hydrogen-bond donors (Lipinski definition) is 8. The Morgan fingerprint density at radius 3 is 1.50 bits per heavy atom. The summed E-state index contributed by atoms with van der Waals surface area (Å²) >= 11 is 0. The van der Waals surface area contributed by atoms with E-state index in [0.29, 0.717) is 36.3 Å². The highest BCUT2D eigenvalue weighted by Crippen LogP contribution is 2.34. The molecule has 9 heterocycles. The van der Waals surface area contributed by atoms with Gasteiger partial charge in [0.25, 0.3) is 0 Å². The van der Waals surface area contributed by atoms with Crippen molar-refractivity contribution in [1.82, 2.24) is 78.9 Å². The van der Waals surface area contributed by atoms with Gasteiger partial charge in [-0.3, -0.25) is 0 Å². The van der Waals surface area contributed by atoms with Gasteiger partial charge in [-0.1, -0.05) is 48.5 Å². The van der Waals surface area contributed by atoms with Gasteiger partial charge in [0.1, 0.15) is 19.3 Å². The second kappa shape index (κ2) is 38.5. The molecule has 1 amide bonds. The molecule has 0 spiro atoms. The minimum Gasteiger partial charge on any atom is -0.447 e. The number of rotatable bonds is 27. The number of fused-ring (bicyclic) bond motifs is 5. The maximum Gasteiger partial charge on any atom is 0.407 e. The van der Waals surface area contributed by atoms with Crippen LogP contribution in [0.25, 0.3) is 54.5 Å². The van der Waals surface area contributed by atoms with Gasteiger partial charge in [0.05, 0.1) is 34.7 Å². The minimum atomic E-state index is -3.25. The van der Waals surface area contributed by atoms with Crippen molar-refractivity contribution in [3.8, 4) is 0 Å². The Hall–Kier alpha value is -9.00. The molecule has 3 aliphatic heterocycles. The molecule has 0 bridgehead atoms. The number of piperidine rings is 1.